The number of alkyl halides is 3. The fourth-order valence-electron chi connectivity index (χ4n) is 1.10. The summed E-state index contributed by atoms with van der Waals surface area (Å²) >= 11 is 0. The van der Waals surface area contributed by atoms with E-state index in [9.17, 15) is 26.4 Å². The number of carbonyl (C=O) groups is 2. The molecule has 0 spiro atoms. The molecule has 1 saturated heterocycles. The van der Waals surface area contributed by atoms with E-state index >= 15 is 0 Å². The molecule has 0 saturated carbocycles. The van der Waals surface area contributed by atoms with Gasteiger partial charge in [0.2, 0.25) is 0 Å². The highest BCUT2D eigenvalue weighted by atomic mass is 32.2. The molecule has 112 valence electrons. The predicted octanol–water partition coefficient (Wildman–Crippen LogP) is -0.565. The first-order valence-corrected chi connectivity index (χ1v) is 6.71. The van der Waals surface area contributed by atoms with Crippen LogP contribution in [0.3, 0.4) is 0 Å². The summed E-state index contributed by atoms with van der Waals surface area (Å²) in [5.74, 6) is -3.50. The Labute approximate surface area is 106 Å². The van der Waals surface area contributed by atoms with Crippen molar-refractivity contribution in [2.75, 3.05) is 31.1 Å². The smallest absolute Gasteiger partial charge is 0.480 e. The molecule has 1 heterocycles. The number of hydrogen-bond donors (Lipinski definition) is 2. The maximum Gasteiger partial charge on any atom is 0.490 e. The van der Waals surface area contributed by atoms with Gasteiger partial charge in [-0.3, -0.25) is 9.69 Å². The van der Waals surface area contributed by atoms with Crippen LogP contribution in [-0.2, 0) is 19.4 Å². The summed E-state index contributed by atoms with van der Waals surface area (Å²) in [5, 5.41) is 15.5. The van der Waals surface area contributed by atoms with E-state index < -0.39 is 28.0 Å². The zero-order chi connectivity index (χ0) is 15.3. The number of halogens is 3. The Hall–Kier alpha value is -1.36. The number of sulfone groups is 1. The first-order chi connectivity index (χ1) is 8.44. The third-order valence-electron chi connectivity index (χ3n) is 2.04. The number of rotatable bonds is 2. The number of aliphatic carboxylic acids is 2. The molecule has 11 heteroatoms. The Morgan fingerprint density at radius 3 is 1.74 bits per heavy atom. The third kappa shape index (κ3) is 8.37. The number of hydrogen-bond acceptors (Lipinski definition) is 5. The monoisotopic (exact) mass is 307 g/mol. The average molecular weight is 307 g/mol. The molecule has 0 aromatic carbocycles. The molecule has 1 aliphatic rings. The largest absolute Gasteiger partial charge is 0.490 e. The molecule has 19 heavy (non-hydrogen) atoms. The van der Waals surface area contributed by atoms with E-state index in [1.807, 2.05) is 0 Å². The quantitative estimate of drug-likeness (QED) is 0.703. The molecule has 0 aromatic heterocycles. The first-order valence-electron chi connectivity index (χ1n) is 4.89. The van der Waals surface area contributed by atoms with Crippen molar-refractivity contribution in [3.63, 3.8) is 0 Å². The molecule has 0 aliphatic carbocycles. The van der Waals surface area contributed by atoms with Crippen LogP contribution >= 0.6 is 0 Å². The maximum atomic E-state index is 10.9. The van der Waals surface area contributed by atoms with Crippen LogP contribution in [0.2, 0.25) is 0 Å². The van der Waals surface area contributed by atoms with Crippen LogP contribution < -0.4 is 0 Å². The zero-order valence-electron chi connectivity index (χ0n) is 9.55. The molecular weight excluding hydrogens is 295 g/mol. The molecule has 0 aromatic rings. The maximum absolute atomic E-state index is 10.9. The van der Waals surface area contributed by atoms with Crippen LogP contribution in [0.5, 0.6) is 0 Å². The van der Waals surface area contributed by atoms with Crippen molar-refractivity contribution in [1.29, 1.82) is 0 Å². The Balaban J connectivity index is 0.000000399. The van der Waals surface area contributed by atoms with Gasteiger partial charge < -0.3 is 10.2 Å². The number of carboxylic acid groups (broad SMARTS) is 2. The summed E-state index contributed by atoms with van der Waals surface area (Å²) < 4.78 is 53.6. The molecule has 1 rings (SSSR count). The molecule has 1 aliphatic heterocycles. The summed E-state index contributed by atoms with van der Waals surface area (Å²) in [7, 11) is -2.89. The highest BCUT2D eigenvalue weighted by Gasteiger charge is 2.38. The van der Waals surface area contributed by atoms with Gasteiger partial charge in [0.1, 0.15) is 0 Å². The second kappa shape index (κ2) is 6.70. The number of nitrogens with zero attached hydrogens (tertiary/aromatic N) is 1. The molecular formula is C8H12F3NO6S. The van der Waals surface area contributed by atoms with Gasteiger partial charge in [-0.05, 0) is 0 Å². The van der Waals surface area contributed by atoms with Crippen LogP contribution in [-0.4, -0.2) is 72.8 Å². The van der Waals surface area contributed by atoms with E-state index in [0.29, 0.717) is 13.1 Å². The van der Waals surface area contributed by atoms with Gasteiger partial charge >= 0.3 is 18.1 Å². The zero-order valence-corrected chi connectivity index (χ0v) is 10.4. The minimum Gasteiger partial charge on any atom is -0.480 e. The van der Waals surface area contributed by atoms with E-state index in [4.69, 9.17) is 15.0 Å². The van der Waals surface area contributed by atoms with Gasteiger partial charge in [0, 0.05) is 13.1 Å². The number of carboxylic acids is 2. The Kier molecular flexibility index (Phi) is 6.22. The highest BCUT2D eigenvalue weighted by molar-refractivity contribution is 7.91. The lowest BCUT2D eigenvalue weighted by Gasteiger charge is -2.24. The summed E-state index contributed by atoms with van der Waals surface area (Å²) in [4.78, 5) is 20.8. The van der Waals surface area contributed by atoms with Crippen LogP contribution in [0.25, 0.3) is 0 Å². The molecule has 0 bridgehead atoms. The Morgan fingerprint density at radius 2 is 1.47 bits per heavy atom. The van der Waals surface area contributed by atoms with Gasteiger partial charge in [-0.2, -0.15) is 13.2 Å². The second-order valence-electron chi connectivity index (χ2n) is 3.62. The molecule has 0 atom stereocenters. The lowest BCUT2D eigenvalue weighted by molar-refractivity contribution is -0.192. The van der Waals surface area contributed by atoms with Crippen LogP contribution in [0.15, 0.2) is 0 Å². The van der Waals surface area contributed by atoms with Crippen LogP contribution in [0.4, 0.5) is 13.2 Å². The molecule has 0 amide bonds. The van der Waals surface area contributed by atoms with Crippen molar-refractivity contribution < 1.29 is 41.4 Å². The Morgan fingerprint density at radius 1 is 1.11 bits per heavy atom. The predicted molar refractivity (Wildman–Crippen MR) is 56.4 cm³/mol. The fraction of sp³-hybridized carbons (Fsp3) is 0.750. The van der Waals surface area contributed by atoms with Gasteiger partial charge in [0.25, 0.3) is 0 Å². The van der Waals surface area contributed by atoms with Crippen molar-refractivity contribution in [3.05, 3.63) is 0 Å². The van der Waals surface area contributed by atoms with Crippen LogP contribution in [0, 0.1) is 0 Å². The molecule has 1 fully saturated rings. The minimum atomic E-state index is -5.08. The van der Waals surface area contributed by atoms with Crippen molar-refractivity contribution in [3.8, 4) is 0 Å². The lowest BCUT2D eigenvalue weighted by atomic mass is 10.5. The molecule has 0 unspecified atom stereocenters. The first kappa shape index (κ1) is 17.6. The van der Waals surface area contributed by atoms with E-state index in [1.165, 1.54) is 0 Å². The van der Waals surface area contributed by atoms with E-state index in [2.05, 4.69) is 0 Å². The SMILES string of the molecule is O=C(O)C(F)(F)F.O=C(O)CN1CCS(=O)(=O)CC1. The lowest BCUT2D eigenvalue weighted by Crippen LogP contribution is -2.42. The van der Waals surface area contributed by atoms with E-state index in [1.54, 1.807) is 4.90 Å². The van der Waals surface area contributed by atoms with Crippen molar-refractivity contribution in [1.82, 2.24) is 4.90 Å². The standard InChI is InChI=1S/C6H11NO4S.C2HF3O2/c8-6(9)5-7-1-3-12(10,11)4-2-7;3-2(4,5)1(6)7/h1-5H2,(H,8,9);(H,6,7). The average Bonchev–Trinajstić information content (AvgIpc) is 2.20. The van der Waals surface area contributed by atoms with Gasteiger partial charge in [-0.1, -0.05) is 0 Å². The van der Waals surface area contributed by atoms with Crippen LogP contribution in [0.1, 0.15) is 0 Å². The minimum absolute atomic E-state index is 0.0600. The van der Waals surface area contributed by atoms with Crippen molar-refractivity contribution in [2.45, 2.75) is 6.18 Å². The Bertz CT molecular complexity index is 418. The summed E-state index contributed by atoms with van der Waals surface area (Å²) in [5.41, 5.74) is 0. The fourth-order valence-corrected chi connectivity index (χ4v) is 2.38. The topological polar surface area (TPSA) is 112 Å². The summed E-state index contributed by atoms with van der Waals surface area (Å²) in [6, 6.07) is 0. The van der Waals surface area contributed by atoms with Gasteiger partial charge in [-0.25, -0.2) is 13.2 Å². The second-order valence-corrected chi connectivity index (χ2v) is 5.93. The highest BCUT2D eigenvalue weighted by Crippen LogP contribution is 2.13. The van der Waals surface area contributed by atoms with Gasteiger partial charge in [-0.15, -0.1) is 0 Å². The summed E-state index contributed by atoms with van der Waals surface area (Å²) in [6.45, 7) is 0.624. The van der Waals surface area contributed by atoms with E-state index in [0.717, 1.165) is 0 Å². The summed E-state index contributed by atoms with van der Waals surface area (Å²) in [6.07, 6.45) is -5.08. The molecule has 7 nitrogen and oxygen atoms in total. The van der Waals surface area contributed by atoms with Crippen molar-refractivity contribution in [2.24, 2.45) is 0 Å². The normalized spacial score (nSPS) is 19.1. The van der Waals surface area contributed by atoms with Gasteiger partial charge in [0.15, 0.2) is 9.84 Å². The van der Waals surface area contributed by atoms with E-state index in [-0.39, 0.29) is 18.1 Å². The molecule has 0 radical (unpaired) electrons. The molecule has 2 N–H and O–H groups in total. The van der Waals surface area contributed by atoms with Gasteiger partial charge in [0.05, 0.1) is 18.1 Å². The third-order valence-corrected chi connectivity index (χ3v) is 3.65. The van der Waals surface area contributed by atoms with Crippen molar-refractivity contribution >= 4 is 21.8 Å².